The third-order valence-corrected chi connectivity index (χ3v) is 2.99. The highest BCUT2D eigenvalue weighted by Gasteiger charge is 2.23. The van der Waals surface area contributed by atoms with Crippen molar-refractivity contribution < 1.29 is 19.8 Å². The Morgan fingerprint density at radius 2 is 2.16 bits per heavy atom. The van der Waals surface area contributed by atoms with Gasteiger partial charge in [-0.2, -0.15) is 0 Å². The molecule has 100 valence electrons. The van der Waals surface area contributed by atoms with Crippen LogP contribution in [0.4, 0.5) is 0 Å². The summed E-state index contributed by atoms with van der Waals surface area (Å²) in [4.78, 5) is 24.6. The summed E-state index contributed by atoms with van der Waals surface area (Å²) in [6, 6.07) is 5.03. The average Bonchev–Trinajstić information content (AvgIpc) is 2.79. The molecule has 2 unspecified atom stereocenters. The lowest BCUT2D eigenvalue weighted by molar-refractivity contribution is -0.121. The fraction of sp³-hybridized carbons (Fsp3) is 0.231. The lowest BCUT2D eigenvalue weighted by Gasteiger charge is -2.18. The van der Waals surface area contributed by atoms with E-state index in [1.807, 2.05) is 0 Å². The molecule has 1 aromatic heterocycles. The summed E-state index contributed by atoms with van der Waals surface area (Å²) in [7, 11) is 0. The molecule has 0 bridgehead atoms. The minimum Gasteiger partial charge on any atom is -0.390 e. The number of aliphatic hydroxyl groups is 2. The molecular weight excluding hydrogens is 248 g/mol. The maximum Gasteiger partial charge on any atom is 0.220 e. The van der Waals surface area contributed by atoms with E-state index in [2.05, 4.69) is 4.98 Å². The van der Waals surface area contributed by atoms with Gasteiger partial charge in [0.15, 0.2) is 6.29 Å². The van der Waals surface area contributed by atoms with Crippen molar-refractivity contribution in [3.8, 4) is 0 Å². The van der Waals surface area contributed by atoms with Gasteiger partial charge in [-0.25, -0.2) is 0 Å². The van der Waals surface area contributed by atoms with E-state index in [0.717, 1.165) is 0 Å². The first-order valence-electron chi connectivity index (χ1n) is 5.74. The number of aliphatic hydroxyl groups excluding tert-OH is 2. The number of fused-ring (bicyclic) bond motifs is 1. The van der Waals surface area contributed by atoms with Crippen LogP contribution in [0.3, 0.4) is 0 Å². The summed E-state index contributed by atoms with van der Waals surface area (Å²) in [6.45, 7) is 0. The Labute approximate surface area is 108 Å². The van der Waals surface area contributed by atoms with Gasteiger partial charge in [-0.15, -0.1) is 0 Å². The first-order chi connectivity index (χ1) is 9.04. The molecule has 0 saturated carbocycles. The van der Waals surface area contributed by atoms with Gasteiger partial charge in [-0.3, -0.25) is 9.59 Å². The van der Waals surface area contributed by atoms with Gasteiger partial charge in [0.1, 0.15) is 6.10 Å². The molecule has 19 heavy (non-hydrogen) atoms. The van der Waals surface area contributed by atoms with E-state index in [-0.39, 0.29) is 6.42 Å². The number of aromatic amines is 1. The molecule has 2 aromatic rings. The molecule has 5 N–H and O–H groups in total. The fourth-order valence-electron chi connectivity index (χ4n) is 2.10. The molecular formula is C13H14N2O4. The SMILES string of the molecule is NC(=O)CC(O)C(O)c1cccc2[nH]cc(C=O)c12. The Kier molecular flexibility index (Phi) is 3.64. The molecule has 0 aliphatic rings. The van der Waals surface area contributed by atoms with Gasteiger partial charge in [-0.1, -0.05) is 12.1 Å². The number of benzene rings is 1. The van der Waals surface area contributed by atoms with Gasteiger partial charge in [0.2, 0.25) is 5.91 Å². The van der Waals surface area contributed by atoms with Gasteiger partial charge in [0.25, 0.3) is 0 Å². The van der Waals surface area contributed by atoms with Crippen molar-refractivity contribution >= 4 is 23.1 Å². The van der Waals surface area contributed by atoms with E-state index >= 15 is 0 Å². The van der Waals surface area contributed by atoms with Crippen molar-refractivity contribution in [2.24, 2.45) is 5.73 Å². The van der Waals surface area contributed by atoms with E-state index < -0.39 is 18.1 Å². The Bertz CT molecular complexity index is 620. The number of carbonyl (C=O) groups is 2. The molecule has 0 fully saturated rings. The van der Waals surface area contributed by atoms with Gasteiger partial charge >= 0.3 is 0 Å². The number of amides is 1. The fourth-order valence-corrected chi connectivity index (χ4v) is 2.10. The zero-order chi connectivity index (χ0) is 14.0. The maximum absolute atomic E-state index is 11.0. The van der Waals surface area contributed by atoms with Crippen LogP contribution in [-0.2, 0) is 4.79 Å². The van der Waals surface area contributed by atoms with Crippen LogP contribution in [0.1, 0.15) is 28.4 Å². The molecule has 0 saturated heterocycles. The molecule has 0 spiro atoms. The van der Waals surface area contributed by atoms with Gasteiger partial charge in [0, 0.05) is 22.7 Å². The molecule has 2 atom stereocenters. The molecule has 0 radical (unpaired) electrons. The van der Waals surface area contributed by atoms with Gasteiger partial charge in [0.05, 0.1) is 12.5 Å². The second kappa shape index (κ2) is 5.21. The minimum atomic E-state index is -1.31. The van der Waals surface area contributed by atoms with Crippen molar-refractivity contribution in [1.29, 1.82) is 0 Å². The molecule has 0 aliphatic carbocycles. The number of H-pyrrole nitrogens is 1. The number of aromatic nitrogens is 1. The number of carbonyl (C=O) groups excluding carboxylic acids is 2. The van der Waals surface area contributed by atoms with Crippen LogP contribution < -0.4 is 5.73 Å². The number of hydrogen-bond donors (Lipinski definition) is 4. The van der Waals surface area contributed by atoms with E-state index in [1.54, 1.807) is 18.2 Å². The number of nitrogens with one attached hydrogen (secondary N) is 1. The summed E-state index contributed by atoms with van der Waals surface area (Å²) in [5.74, 6) is -0.705. The zero-order valence-corrected chi connectivity index (χ0v) is 10.0. The third kappa shape index (κ3) is 2.49. The highest BCUT2D eigenvalue weighted by Crippen LogP contribution is 2.29. The van der Waals surface area contributed by atoms with Crippen molar-refractivity contribution in [3.63, 3.8) is 0 Å². The monoisotopic (exact) mass is 262 g/mol. The average molecular weight is 262 g/mol. The minimum absolute atomic E-state index is 0.349. The molecule has 2 rings (SSSR count). The number of rotatable bonds is 5. The molecule has 1 aromatic carbocycles. The van der Waals surface area contributed by atoms with Crippen molar-refractivity contribution in [3.05, 3.63) is 35.5 Å². The lowest BCUT2D eigenvalue weighted by Crippen LogP contribution is -2.25. The predicted octanol–water partition coefficient (Wildman–Crippen LogP) is 0.250. The van der Waals surface area contributed by atoms with E-state index in [1.165, 1.54) is 6.20 Å². The predicted molar refractivity (Wildman–Crippen MR) is 68.5 cm³/mol. The number of primary amides is 1. The first kappa shape index (κ1) is 13.3. The quantitative estimate of drug-likeness (QED) is 0.578. The van der Waals surface area contributed by atoms with Crippen molar-refractivity contribution in [1.82, 2.24) is 4.98 Å². The van der Waals surface area contributed by atoms with Crippen LogP contribution in [0.25, 0.3) is 10.9 Å². The Morgan fingerprint density at radius 1 is 1.42 bits per heavy atom. The maximum atomic E-state index is 11.0. The summed E-state index contributed by atoms with van der Waals surface area (Å²) in [6.07, 6.45) is -0.759. The molecule has 1 amide bonds. The topological polar surface area (TPSA) is 116 Å². The van der Waals surface area contributed by atoms with Crippen LogP contribution in [0, 0.1) is 0 Å². The van der Waals surface area contributed by atoms with Gasteiger partial charge in [-0.05, 0) is 11.6 Å². The first-order valence-corrected chi connectivity index (χ1v) is 5.74. The van der Waals surface area contributed by atoms with Crippen LogP contribution in [0.15, 0.2) is 24.4 Å². The molecule has 6 heteroatoms. The highest BCUT2D eigenvalue weighted by molar-refractivity contribution is 5.99. The number of hydrogen-bond acceptors (Lipinski definition) is 4. The largest absolute Gasteiger partial charge is 0.390 e. The van der Waals surface area contributed by atoms with E-state index in [0.29, 0.717) is 28.3 Å². The van der Waals surface area contributed by atoms with Crippen LogP contribution in [0.2, 0.25) is 0 Å². The summed E-state index contributed by atoms with van der Waals surface area (Å²) in [5, 5.41) is 20.4. The highest BCUT2D eigenvalue weighted by atomic mass is 16.3. The number of aldehydes is 1. The van der Waals surface area contributed by atoms with Crippen LogP contribution in [0.5, 0.6) is 0 Å². The molecule has 0 aliphatic heterocycles. The second-order valence-corrected chi connectivity index (χ2v) is 4.31. The molecule has 6 nitrogen and oxygen atoms in total. The Morgan fingerprint density at radius 3 is 2.79 bits per heavy atom. The summed E-state index contributed by atoms with van der Waals surface area (Å²) in [5.41, 5.74) is 6.43. The summed E-state index contributed by atoms with van der Waals surface area (Å²) >= 11 is 0. The van der Waals surface area contributed by atoms with Crippen LogP contribution in [-0.4, -0.2) is 33.5 Å². The Hall–Kier alpha value is -2.18. The molecule has 1 heterocycles. The Balaban J connectivity index is 2.46. The van der Waals surface area contributed by atoms with Gasteiger partial charge < -0.3 is 20.9 Å². The van der Waals surface area contributed by atoms with Crippen molar-refractivity contribution in [2.45, 2.75) is 18.6 Å². The zero-order valence-electron chi connectivity index (χ0n) is 10.0. The van der Waals surface area contributed by atoms with E-state index in [4.69, 9.17) is 5.73 Å². The summed E-state index contributed by atoms with van der Waals surface area (Å²) < 4.78 is 0. The lowest BCUT2D eigenvalue weighted by atomic mass is 9.97. The second-order valence-electron chi connectivity index (χ2n) is 4.31. The normalized spacial score (nSPS) is 14.2. The van der Waals surface area contributed by atoms with Crippen LogP contribution >= 0.6 is 0 Å². The van der Waals surface area contributed by atoms with E-state index in [9.17, 15) is 19.8 Å². The third-order valence-electron chi connectivity index (χ3n) is 2.99. The number of nitrogens with two attached hydrogens (primary N) is 1. The smallest absolute Gasteiger partial charge is 0.220 e. The van der Waals surface area contributed by atoms with Crippen molar-refractivity contribution in [2.75, 3.05) is 0 Å². The standard InChI is InChI=1S/C13H14N2O4/c14-11(18)4-10(17)13(19)8-2-1-3-9-12(8)7(6-16)5-15-9/h1-3,5-6,10,13,15,17,19H,4H2,(H2,14,18).